The van der Waals surface area contributed by atoms with E-state index in [-0.39, 0.29) is 17.9 Å². The summed E-state index contributed by atoms with van der Waals surface area (Å²) in [4.78, 5) is 31.3. The minimum atomic E-state index is -0.695. The third-order valence-electron chi connectivity index (χ3n) is 6.77. The highest BCUT2D eigenvalue weighted by molar-refractivity contribution is 5.98. The molecule has 2 amide bonds. The third kappa shape index (κ3) is 3.68. The summed E-state index contributed by atoms with van der Waals surface area (Å²) in [6.45, 7) is 1.24. The van der Waals surface area contributed by atoms with E-state index in [4.69, 9.17) is 0 Å². The van der Waals surface area contributed by atoms with Crippen LogP contribution in [0.25, 0.3) is 10.9 Å². The number of piperidine rings is 1. The van der Waals surface area contributed by atoms with Gasteiger partial charge in [0.15, 0.2) is 0 Å². The van der Waals surface area contributed by atoms with Crippen LogP contribution in [0.3, 0.4) is 0 Å². The van der Waals surface area contributed by atoms with Gasteiger partial charge in [-0.3, -0.25) is 9.59 Å². The lowest BCUT2D eigenvalue weighted by molar-refractivity contribution is -0.133. The molecule has 2 N–H and O–H groups in total. The summed E-state index contributed by atoms with van der Waals surface area (Å²) in [5.74, 6) is 0.0123. The zero-order valence-electron chi connectivity index (χ0n) is 17.5. The summed E-state index contributed by atoms with van der Waals surface area (Å²) in [6.07, 6.45) is 7.64. The molecular weight excluding hydrogens is 394 g/mol. The normalized spacial score (nSPS) is 19.4. The second kappa shape index (κ2) is 8.13. The number of rotatable bonds is 4. The summed E-state index contributed by atoms with van der Waals surface area (Å²) in [5, 5.41) is 15.8. The van der Waals surface area contributed by atoms with E-state index < -0.39 is 5.54 Å². The highest BCUT2D eigenvalue weighted by Crippen LogP contribution is 2.34. The number of para-hydroxylation sites is 1. The molecule has 2 aliphatic rings. The number of amides is 2. The van der Waals surface area contributed by atoms with Crippen molar-refractivity contribution in [3.63, 3.8) is 0 Å². The second-order valence-corrected chi connectivity index (χ2v) is 8.66. The van der Waals surface area contributed by atoms with E-state index in [1.807, 2.05) is 35.2 Å². The fourth-order valence-electron chi connectivity index (χ4n) is 4.96. The first-order valence-corrected chi connectivity index (χ1v) is 11.1. The van der Waals surface area contributed by atoms with E-state index >= 15 is 0 Å². The number of likely N-dealkylation sites (tertiary alicyclic amines) is 1. The Balaban J connectivity index is 1.22. The van der Waals surface area contributed by atoms with Crippen LogP contribution in [0.15, 0.2) is 36.7 Å². The maximum absolute atomic E-state index is 13.3. The second-order valence-electron chi connectivity index (χ2n) is 8.66. The first kappa shape index (κ1) is 19.7. The number of benzene rings is 1. The molecule has 31 heavy (non-hydrogen) atoms. The number of hydrogen-bond donors (Lipinski definition) is 2. The zero-order chi connectivity index (χ0) is 21.3. The van der Waals surface area contributed by atoms with Crippen LogP contribution in [0.1, 0.15) is 55.4 Å². The van der Waals surface area contributed by atoms with Crippen LogP contribution in [0, 0.1) is 0 Å². The predicted octanol–water partition coefficient (Wildman–Crippen LogP) is 2.23. The smallest absolute Gasteiger partial charge is 0.270 e. The van der Waals surface area contributed by atoms with Crippen LogP contribution < -0.4 is 5.32 Å². The van der Waals surface area contributed by atoms with E-state index in [1.165, 1.54) is 0 Å². The Labute approximate surface area is 180 Å². The maximum atomic E-state index is 13.3. The molecule has 2 fully saturated rings. The van der Waals surface area contributed by atoms with E-state index in [0.29, 0.717) is 18.8 Å². The molecule has 3 aromatic rings. The lowest BCUT2D eigenvalue weighted by Gasteiger charge is -2.38. The highest BCUT2D eigenvalue weighted by atomic mass is 16.2. The molecule has 2 aromatic heterocycles. The van der Waals surface area contributed by atoms with Gasteiger partial charge in [-0.15, -0.1) is 5.10 Å². The predicted molar refractivity (Wildman–Crippen MR) is 114 cm³/mol. The summed E-state index contributed by atoms with van der Waals surface area (Å²) in [7, 11) is 0. The van der Waals surface area contributed by atoms with Gasteiger partial charge in [0.25, 0.3) is 5.91 Å². The van der Waals surface area contributed by atoms with Gasteiger partial charge in [-0.2, -0.15) is 0 Å². The molecular formula is C22H27N7O2. The molecule has 0 spiro atoms. The SMILES string of the molecule is O=C(c1cc2ccccc2[nH]1)N1CCC(NC(=O)C2(n3cnnn3)CCCCC2)CC1. The highest BCUT2D eigenvalue weighted by Gasteiger charge is 2.43. The molecule has 162 valence electrons. The van der Waals surface area contributed by atoms with Crippen molar-refractivity contribution in [1.29, 1.82) is 0 Å². The van der Waals surface area contributed by atoms with Crippen molar-refractivity contribution in [2.24, 2.45) is 0 Å². The van der Waals surface area contributed by atoms with Crippen molar-refractivity contribution in [3.8, 4) is 0 Å². The molecule has 1 saturated heterocycles. The molecule has 3 heterocycles. The number of tetrazole rings is 1. The van der Waals surface area contributed by atoms with Crippen molar-refractivity contribution in [2.45, 2.75) is 56.5 Å². The molecule has 0 unspecified atom stereocenters. The lowest BCUT2D eigenvalue weighted by Crippen LogP contribution is -2.55. The number of carbonyl (C=O) groups excluding carboxylic acids is 2. The molecule has 1 saturated carbocycles. The maximum Gasteiger partial charge on any atom is 0.270 e. The Morgan fingerprint density at radius 1 is 1.10 bits per heavy atom. The number of hydrogen-bond acceptors (Lipinski definition) is 5. The molecule has 1 aliphatic heterocycles. The van der Waals surface area contributed by atoms with Gasteiger partial charge in [0, 0.05) is 30.0 Å². The van der Waals surface area contributed by atoms with Gasteiger partial charge in [0.1, 0.15) is 17.6 Å². The molecule has 5 rings (SSSR count). The third-order valence-corrected chi connectivity index (χ3v) is 6.77. The topological polar surface area (TPSA) is 109 Å². The average molecular weight is 422 g/mol. The molecule has 9 nitrogen and oxygen atoms in total. The molecule has 9 heteroatoms. The van der Waals surface area contributed by atoms with Gasteiger partial charge in [-0.05, 0) is 48.2 Å². The number of H-pyrrole nitrogens is 1. The Morgan fingerprint density at radius 2 is 1.87 bits per heavy atom. The van der Waals surface area contributed by atoms with Gasteiger partial charge in [0.05, 0.1) is 0 Å². The van der Waals surface area contributed by atoms with Crippen LogP contribution >= 0.6 is 0 Å². The largest absolute Gasteiger partial charge is 0.351 e. The molecule has 1 aliphatic carbocycles. The van der Waals surface area contributed by atoms with Crippen molar-refractivity contribution in [3.05, 3.63) is 42.4 Å². The van der Waals surface area contributed by atoms with Crippen LogP contribution in [0.2, 0.25) is 0 Å². The Bertz CT molecular complexity index is 1030. The van der Waals surface area contributed by atoms with Gasteiger partial charge < -0.3 is 15.2 Å². The Hall–Kier alpha value is -3.23. The average Bonchev–Trinajstić information content (AvgIpc) is 3.50. The van der Waals surface area contributed by atoms with Gasteiger partial charge in [-0.1, -0.05) is 37.5 Å². The quantitative estimate of drug-likeness (QED) is 0.672. The van der Waals surface area contributed by atoms with Crippen molar-refractivity contribution < 1.29 is 9.59 Å². The van der Waals surface area contributed by atoms with Gasteiger partial charge in [0.2, 0.25) is 5.91 Å². The summed E-state index contributed by atoms with van der Waals surface area (Å²) in [6, 6.07) is 9.85. The minimum Gasteiger partial charge on any atom is -0.351 e. The number of nitrogens with one attached hydrogen (secondary N) is 2. The standard InChI is InChI=1S/C22H27N7O2/c30-20(19-14-16-6-2-3-7-18(16)25-19)28-12-8-17(9-13-28)24-21(31)22(10-4-1-5-11-22)29-15-23-26-27-29/h2-3,6-7,14-15,17,25H,1,4-5,8-13H2,(H,24,31). The summed E-state index contributed by atoms with van der Waals surface area (Å²) in [5.41, 5.74) is 0.885. The van der Waals surface area contributed by atoms with Crippen molar-refractivity contribution >= 4 is 22.7 Å². The molecule has 0 bridgehead atoms. The van der Waals surface area contributed by atoms with E-state index in [1.54, 1.807) is 11.0 Å². The minimum absolute atomic E-state index is 0.0000981. The van der Waals surface area contributed by atoms with Crippen molar-refractivity contribution in [1.82, 2.24) is 35.4 Å². The Kier molecular flexibility index (Phi) is 5.17. The first-order chi connectivity index (χ1) is 15.2. The zero-order valence-corrected chi connectivity index (χ0v) is 17.5. The fourth-order valence-corrected chi connectivity index (χ4v) is 4.96. The summed E-state index contributed by atoms with van der Waals surface area (Å²) >= 11 is 0. The van der Waals surface area contributed by atoms with E-state index in [0.717, 1.165) is 55.8 Å². The number of fused-ring (bicyclic) bond motifs is 1. The Morgan fingerprint density at radius 3 is 2.58 bits per heavy atom. The summed E-state index contributed by atoms with van der Waals surface area (Å²) < 4.78 is 1.63. The molecule has 0 atom stereocenters. The number of nitrogens with zero attached hydrogens (tertiary/aromatic N) is 5. The molecule has 0 radical (unpaired) electrons. The molecule has 1 aromatic carbocycles. The number of aromatic amines is 1. The fraction of sp³-hybridized carbons (Fsp3) is 0.500. The van der Waals surface area contributed by atoms with E-state index in [9.17, 15) is 9.59 Å². The van der Waals surface area contributed by atoms with E-state index in [2.05, 4.69) is 25.8 Å². The van der Waals surface area contributed by atoms with Crippen LogP contribution in [-0.2, 0) is 10.3 Å². The monoisotopic (exact) mass is 421 g/mol. The van der Waals surface area contributed by atoms with Gasteiger partial charge >= 0.3 is 0 Å². The lowest BCUT2D eigenvalue weighted by atomic mass is 9.80. The van der Waals surface area contributed by atoms with Crippen LogP contribution in [0.5, 0.6) is 0 Å². The van der Waals surface area contributed by atoms with Crippen LogP contribution in [0.4, 0.5) is 0 Å². The van der Waals surface area contributed by atoms with Crippen LogP contribution in [-0.4, -0.2) is 61.0 Å². The van der Waals surface area contributed by atoms with Gasteiger partial charge in [-0.25, -0.2) is 4.68 Å². The van der Waals surface area contributed by atoms with Crippen molar-refractivity contribution in [2.75, 3.05) is 13.1 Å². The number of carbonyl (C=O) groups is 2. The first-order valence-electron chi connectivity index (χ1n) is 11.1. The number of aromatic nitrogens is 5.